The molecule has 21 heavy (non-hydrogen) atoms. The number of nitrogens with zero attached hydrogens (tertiary/aromatic N) is 1. The van der Waals surface area contributed by atoms with Crippen molar-refractivity contribution >= 4 is 0 Å². The van der Waals surface area contributed by atoms with Crippen molar-refractivity contribution in [3.63, 3.8) is 0 Å². The molecule has 0 radical (unpaired) electrons. The van der Waals surface area contributed by atoms with Gasteiger partial charge in [-0.3, -0.25) is 4.98 Å². The molecule has 0 spiro atoms. The topological polar surface area (TPSA) is 47.3 Å². The average molecular weight is 288 g/mol. The second kappa shape index (κ2) is 6.76. The predicted octanol–water partition coefficient (Wildman–Crippen LogP) is 3.50. The van der Waals surface area contributed by atoms with Crippen LogP contribution in [0.25, 0.3) is 0 Å². The molecule has 1 atom stereocenters. The maximum absolute atomic E-state index is 5.49. The van der Waals surface area contributed by atoms with E-state index in [-0.39, 0.29) is 6.04 Å². The van der Waals surface area contributed by atoms with E-state index in [2.05, 4.69) is 24.1 Å². The number of hydrogen-bond donors (Lipinski definition) is 1. The van der Waals surface area contributed by atoms with Gasteiger partial charge in [-0.2, -0.15) is 0 Å². The lowest BCUT2D eigenvalue weighted by Gasteiger charge is -2.19. The number of rotatable bonds is 6. The fourth-order valence-electron chi connectivity index (χ4n) is 2.77. The molecule has 2 heterocycles. The third kappa shape index (κ3) is 3.27. The first kappa shape index (κ1) is 15.6. The van der Waals surface area contributed by atoms with Crippen molar-refractivity contribution in [3.05, 3.63) is 46.7 Å². The average Bonchev–Trinajstić information content (AvgIpc) is 2.88. The van der Waals surface area contributed by atoms with Crippen molar-refractivity contribution in [2.45, 2.75) is 40.2 Å². The van der Waals surface area contributed by atoms with E-state index in [0.29, 0.717) is 0 Å². The molecule has 0 aromatic carbocycles. The number of aromatic nitrogens is 1. The summed E-state index contributed by atoms with van der Waals surface area (Å²) in [4.78, 5) is 4.60. The van der Waals surface area contributed by atoms with E-state index < -0.39 is 0 Å². The molecule has 0 saturated heterocycles. The number of methoxy groups -OCH3 is 1. The number of ether oxygens (including phenoxy) is 1. The van der Waals surface area contributed by atoms with E-state index in [9.17, 15) is 0 Å². The molecule has 0 saturated carbocycles. The summed E-state index contributed by atoms with van der Waals surface area (Å²) in [6.45, 7) is 9.09. The van der Waals surface area contributed by atoms with Crippen LogP contribution in [0.2, 0.25) is 0 Å². The Labute approximate surface area is 126 Å². The van der Waals surface area contributed by atoms with E-state index in [0.717, 1.165) is 41.3 Å². The lowest BCUT2D eigenvalue weighted by molar-refractivity contribution is 0.406. The van der Waals surface area contributed by atoms with Crippen LogP contribution in [0.15, 0.2) is 22.9 Å². The van der Waals surface area contributed by atoms with Crippen LogP contribution in [0, 0.1) is 20.8 Å². The highest BCUT2D eigenvalue weighted by Gasteiger charge is 2.19. The van der Waals surface area contributed by atoms with E-state index in [1.165, 1.54) is 5.56 Å². The monoisotopic (exact) mass is 288 g/mol. The number of aryl methyl sites for hydroxylation is 2. The summed E-state index contributed by atoms with van der Waals surface area (Å²) in [7, 11) is 1.71. The number of likely N-dealkylation sites (N-methyl/N-ethyl adjacent to an activating group) is 1. The van der Waals surface area contributed by atoms with Crippen LogP contribution in [-0.4, -0.2) is 18.6 Å². The summed E-state index contributed by atoms with van der Waals surface area (Å²) in [5.41, 5.74) is 4.43. The Kier molecular flexibility index (Phi) is 5.02. The Hall–Kier alpha value is -1.81. The highest BCUT2D eigenvalue weighted by molar-refractivity contribution is 5.41. The molecule has 0 aliphatic heterocycles. The maximum Gasteiger partial charge on any atom is 0.128 e. The molecule has 2 aromatic heterocycles. The van der Waals surface area contributed by atoms with Crippen LogP contribution in [-0.2, 0) is 6.42 Å². The molecule has 2 aromatic rings. The molecule has 1 unspecified atom stereocenters. The summed E-state index contributed by atoms with van der Waals surface area (Å²) in [5, 5.41) is 3.51. The van der Waals surface area contributed by atoms with Crippen LogP contribution in [0.5, 0.6) is 5.75 Å². The third-order valence-electron chi connectivity index (χ3n) is 3.87. The van der Waals surface area contributed by atoms with Gasteiger partial charge < -0.3 is 14.5 Å². The van der Waals surface area contributed by atoms with Crippen molar-refractivity contribution in [1.82, 2.24) is 10.3 Å². The summed E-state index contributed by atoms with van der Waals surface area (Å²) in [6.07, 6.45) is 4.44. The molecular formula is C17H24N2O2. The number of furan rings is 1. The smallest absolute Gasteiger partial charge is 0.128 e. The van der Waals surface area contributed by atoms with Gasteiger partial charge in [0.15, 0.2) is 0 Å². The minimum Gasteiger partial charge on any atom is -0.496 e. The molecule has 4 nitrogen and oxygen atoms in total. The SMILES string of the molecule is CCNC(Cc1ncc(C)c(OC)c1C)c1ccoc1C. The zero-order valence-corrected chi connectivity index (χ0v) is 13.5. The largest absolute Gasteiger partial charge is 0.496 e. The van der Waals surface area contributed by atoms with Gasteiger partial charge in [0.1, 0.15) is 11.5 Å². The Morgan fingerprint density at radius 1 is 1.33 bits per heavy atom. The van der Waals surface area contributed by atoms with E-state index in [1.54, 1.807) is 13.4 Å². The first-order valence-electron chi connectivity index (χ1n) is 7.34. The molecule has 114 valence electrons. The van der Waals surface area contributed by atoms with Crippen molar-refractivity contribution in [1.29, 1.82) is 0 Å². The van der Waals surface area contributed by atoms with Gasteiger partial charge in [-0.15, -0.1) is 0 Å². The molecule has 0 amide bonds. The van der Waals surface area contributed by atoms with Crippen LogP contribution >= 0.6 is 0 Å². The maximum atomic E-state index is 5.49. The van der Waals surface area contributed by atoms with E-state index >= 15 is 0 Å². The van der Waals surface area contributed by atoms with Crippen molar-refractivity contribution in [2.75, 3.05) is 13.7 Å². The van der Waals surface area contributed by atoms with Gasteiger partial charge in [0.05, 0.1) is 13.4 Å². The summed E-state index contributed by atoms with van der Waals surface area (Å²) in [5.74, 6) is 1.89. The molecule has 0 bridgehead atoms. The predicted molar refractivity (Wildman–Crippen MR) is 83.8 cm³/mol. The lowest BCUT2D eigenvalue weighted by Crippen LogP contribution is -2.24. The van der Waals surface area contributed by atoms with Gasteiger partial charge in [0.2, 0.25) is 0 Å². The summed E-state index contributed by atoms with van der Waals surface area (Å²) >= 11 is 0. The van der Waals surface area contributed by atoms with Crippen LogP contribution < -0.4 is 10.1 Å². The van der Waals surface area contributed by atoms with Gasteiger partial charge in [-0.05, 0) is 33.4 Å². The Balaban J connectivity index is 2.32. The lowest BCUT2D eigenvalue weighted by atomic mass is 9.99. The highest BCUT2D eigenvalue weighted by Crippen LogP contribution is 2.28. The highest BCUT2D eigenvalue weighted by atomic mass is 16.5. The molecule has 2 rings (SSSR count). The van der Waals surface area contributed by atoms with Crippen molar-refractivity contribution in [2.24, 2.45) is 0 Å². The first-order chi connectivity index (χ1) is 10.1. The zero-order chi connectivity index (χ0) is 15.4. The quantitative estimate of drug-likeness (QED) is 0.883. The van der Waals surface area contributed by atoms with Gasteiger partial charge >= 0.3 is 0 Å². The third-order valence-corrected chi connectivity index (χ3v) is 3.87. The second-order valence-electron chi connectivity index (χ2n) is 5.29. The van der Waals surface area contributed by atoms with Gasteiger partial charge in [-0.25, -0.2) is 0 Å². The molecule has 0 aliphatic carbocycles. The number of hydrogen-bond acceptors (Lipinski definition) is 4. The molecule has 1 N–H and O–H groups in total. The van der Waals surface area contributed by atoms with Crippen molar-refractivity contribution < 1.29 is 9.15 Å². The number of pyridine rings is 1. The Morgan fingerprint density at radius 2 is 2.10 bits per heavy atom. The first-order valence-corrected chi connectivity index (χ1v) is 7.34. The molecule has 0 aliphatic rings. The Morgan fingerprint density at radius 3 is 2.67 bits per heavy atom. The van der Waals surface area contributed by atoms with E-state index in [1.807, 2.05) is 26.1 Å². The number of nitrogens with one attached hydrogen (secondary N) is 1. The van der Waals surface area contributed by atoms with Gasteiger partial charge in [0, 0.05) is 41.0 Å². The van der Waals surface area contributed by atoms with Crippen LogP contribution in [0.1, 0.15) is 41.1 Å². The van der Waals surface area contributed by atoms with E-state index in [4.69, 9.17) is 9.15 Å². The van der Waals surface area contributed by atoms with Gasteiger partial charge in [-0.1, -0.05) is 6.92 Å². The summed E-state index contributed by atoms with van der Waals surface area (Å²) in [6, 6.07) is 2.23. The second-order valence-corrected chi connectivity index (χ2v) is 5.29. The molecule has 0 fully saturated rings. The normalized spacial score (nSPS) is 12.4. The summed E-state index contributed by atoms with van der Waals surface area (Å²) < 4.78 is 10.9. The minimum atomic E-state index is 0.201. The standard InChI is InChI=1S/C17H24N2O2/c1-6-18-16(14-7-8-21-13(14)4)9-15-12(3)17(20-5)11(2)10-19-15/h7-8,10,16,18H,6,9H2,1-5H3. The van der Waals surface area contributed by atoms with Gasteiger partial charge in [0.25, 0.3) is 0 Å². The minimum absolute atomic E-state index is 0.201. The fraction of sp³-hybridized carbons (Fsp3) is 0.471. The van der Waals surface area contributed by atoms with Crippen LogP contribution in [0.4, 0.5) is 0 Å². The zero-order valence-electron chi connectivity index (χ0n) is 13.5. The molecular weight excluding hydrogens is 264 g/mol. The molecule has 4 heteroatoms. The van der Waals surface area contributed by atoms with Crippen LogP contribution in [0.3, 0.4) is 0 Å². The Bertz CT molecular complexity index is 605. The van der Waals surface area contributed by atoms with Crippen molar-refractivity contribution in [3.8, 4) is 5.75 Å². The fourth-order valence-corrected chi connectivity index (χ4v) is 2.77.